The van der Waals surface area contributed by atoms with Crippen LogP contribution in [0.2, 0.25) is 0 Å². The fraction of sp³-hybridized carbons (Fsp3) is 0.286. The van der Waals surface area contributed by atoms with E-state index in [9.17, 15) is 9.18 Å². The van der Waals surface area contributed by atoms with Crippen LogP contribution in [0.1, 0.15) is 16.1 Å². The summed E-state index contributed by atoms with van der Waals surface area (Å²) in [4.78, 5) is 11.1. The number of nitrogens with one attached hydrogen (secondary N) is 1. The van der Waals surface area contributed by atoms with Crippen LogP contribution in [0.25, 0.3) is 5.69 Å². The third-order valence-corrected chi connectivity index (χ3v) is 2.93. The molecule has 0 saturated carbocycles. The largest absolute Gasteiger partial charge is 0.383 e. The van der Waals surface area contributed by atoms with Crippen LogP contribution < -0.4 is 11.1 Å². The molecule has 2 rings (SSSR count). The summed E-state index contributed by atoms with van der Waals surface area (Å²) >= 11 is 0. The quantitative estimate of drug-likeness (QED) is 0.741. The molecule has 0 aliphatic carbocycles. The molecule has 1 heterocycles. The fourth-order valence-corrected chi connectivity index (χ4v) is 1.91. The Morgan fingerprint density at radius 3 is 2.95 bits per heavy atom. The van der Waals surface area contributed by atoms with E-state index in [2.05, 4.69) is 10.4 Å². The van der Waals surface area contributed by atoms with Crippen molar-refractivity contribution in [1.29, 1.82) is 0 Å². The first-order valence-corrected chi connectivity index (χ1v) is 6.45. The number of benzene rings is 1. The monoisotopic (exact) mass is 292 g/mol. The van der Waals surface area contributed by atoms with E-state index in [-0.39, 0.29) is 11.5 Å². The molecule has 112 valence electrons. The Bertz CT molecular complexity index is 627. The number of amides is 1. The third kappa shape index (κ3) is 3.87. The predicted octanol–water partition coefficient (Wildman–Crippen LogP) is 0.846. The zero-order valence-corrected chi connectivity index (χ0v) is 11.7. The number of ether oxygens (including phenoxy) is 1. The first kappa shape index (κ1) is 15.1. The van der Waals surface area contributed by atoms with E-state index in [0.717, 1.165) is 5.56 Å². The van der Waals surface area contributed by atoms with Crippen molar-refractivity contribution < 1.29 is 13.9 Å². The second-order valence-electron chi connectivity index (χ2n) is 4.45. The van der Waals surface area contributed by atoms with Crippen molar-refractivity contribution in [1.82, 2.24) is 15.1 Å². The van der Waals surface area contributed by atoms with E-state index < -0.39 is 5.91 Å². The van der Waals surface area contributed by atoms with Crippen molar-refractivity contribution >= 4 is 5.91 Å². The van der Waals surface area contributed by atoms with Gasteiger partial charge in [0.2, 0.25) is 0 Å². The van der Waals surface area contributed by atoms with Gasteiger partial charge in [-0.2, -0.15) is 5.10 Å². The minimum Gasteiger partial charge on any atom is -0.383 e. The predicted molar refractivity (Wildman–Crippen MR) is 75.6 cm³/mol. The molecule has 0 saturated heterocycles. The number of hydrogen-bond donors (Lipinski definition) is 2. The van der Waals surface area contributed by atoms with E-state index in [1.807, 2.05) is 0 Å². The Kier molecular flexibility index (Phi) is 5.02. The summed E-state index contributed by atoms with van der Waals surface area (Å²) in [5.41, 5.74) is 6.76. The van der Waals surface area contributed by atoms with Crippen LogP contribution in [0.4, 0.5) is 4.39 Å². The molecule has 0 aliphatic heterocycles. The Labute approximate surface area is 121 Å². The standard InChI is InChI=1S/C14H17FN4O2/c1-21-7-5-17-9-10-8-11(15)2-3-13(10)19-6-4-12(18-19)14(16)20/h2-4,6,8,17H,5,7,9H2,1H3,(H2,16,20). The number of primary amides is 1. The second kappa shape index (κ2) is 6.96. The highest BCUT2D eigenvalue weighted by molar-refractivity contribution is 5.90. The molecule has 0 radical (unpaired) electrons. The van der Waals surface area contributed by atoms with E-state index in [0.29, 0.717) is 25.4 Å². The maximum atomic E-state index is 13.4. The first-order valence-electron chi connectivity index (χ1n) is 6.45. The summed E-state index contributed by atoms with van der Waals surface area (Å²) in [5.74, 6) is -0.930. The highest BCUT2D eigenvalue weighted by Gasteiger charge is 2.10. The normalized spacial score (nSPS) is 10.8. The van der Waals surface area contributed by atoms with Gasteiger partial charge in [0.25, 0.3) is 5.91 Å². The number of hydrogen-bond acceptors (Lipinski definition) is 4. The highest BCUT2D eigenvalue weighted by Crippen LogP contribution is 2.16. The summed E-state index contributed by atoms with van der Waals surface area (Å²) in [5, 5.41) is 7.23. The number of carbonyl (C=O) groups excluding carboxylic acids is 1. The van der Waals surface area contributed by atoms with Gasteiger partial charge in [0.05, 0.1) is 12.3 Å². The Balaban J connectivity index is 2.22. The maximum absolute atomic E-state index is 13.4. The smallest absolute Gasteiger partial charge is 0.269 e. The summed E-state index contributed by atoms with van der Waals surface area (Å²) in [6.07, 6.45) is 1.62. The molecule has 7 heteroatoms. The fourth-order valence-electron chi connectivity index (χ4n) is 1.91. The minimum absolute atomic E-state index is 0.164. The van der Waals surface area contributed by atoms with E-state index >= 15 is 0 Å². The average molecular weight is 292 g/mol. The zero-order valence-electron chi connectivity index (χ0n) is 11.7. The van der Waals surface area contributed by atoms with Crippen molar-refractivity contribution in [3.8, 4) is 5.69 Å². The van der Waals surface area contributed by atoms with E-state index in [1.165, 1.54) is 22.9 Å². The van der Waals surface area contributed by atoms with E-state index in [4.69, 9.17) is 10.5 Å². The van der Waals surface area contributed by atoms with Crippen molar-refractivity contribution in [2.75, 3.05) is 20.3 Å². The van der Waals surface area contributed by atoms with Crippen molar-refractivity contribution in [3.63, 3.8) is 0 Å². The van der Waals surface area contributed by atoms with Gasteiger partial charge in [0, 0.05) is 26.4 Å². The van der Waals surface area contributed by atoms with Crippen LogP contribution in [0.15, 0.2) is 30.5 Å². The lowest BCUT2D eigenvalue weighted by Crippen LogP contribution is -2.20. The summed E-state index contributed by atoms with van der Waals surface area (Å²) in [6, 6.07) is 5.91. The van der Waals surface area contributed by atoms with Gasteiger partial charge < -0.3 is 15.8 Å². The molecule has 1 aromatic heterocycles. The van der Waals surface area contributed by atoms with Crippen molar-refractivity contribution in [2.45, 2.75) is 6.54 Å². The molecule has 0 aliphatic rings. The molecule has 0 fully saturated rings. The lowest BCUT2D eigenvalue weighted by molar-refractivity contribution is 0.0995. The number of aromatic nitrogens is 2. The van der Waals surface area contributed by atoms with Gasteiger partial charge in [-0.1, -0.05) is 0 Å². The van der Waals surface area contributed by atoms with Crippen LogP contribution in [-0.2, 0) is 11.3 Å². The Hall–Kier alpha value is -2.25. The minimum atomic E-state index is -0.601. The van der Waals surface area contributed by atoms with Gasteiger partial charge in [0.1, 0.15) is 11.5 Å². The molecule has 3 N–H and O–H groups in total. The number of nitrogens with two attached hydrogens (primary N) is 1. The molecule has 0 spiro atoms. The summed E-state index contributed by atoms with van der Waals surface area (Å²) in [7, 11) is 1.62. The molecule has 0 bridgehead atoms. The summed E-state index contributed by atoms with van der Waals surface area (Å²) < 4.78 is 19.9. The lowest BCUT2D eigenvalue weighted by Gasteiger charge is -2.11. The number of nitrogens with zero attached hydrogens (tertiary/aromatic N) is 2. The Morgan fingerprint density at radius 1 is 1.48 bits per heavy atom. The molecule has 2 aromatic rings. The van der Waals surface area contributed by atoms with Crippen LogP contribution in [-0.4, -0.2) is 35.9 Å². The van der Waals surface area contributed by atoms with Crippen molar-refractivity contribution in [3.05, 3.63) is 47.5 Å². The molecular weight excluding hydrogens is 275 g/mol. The Morgan fingerprint density at radius 2 is 2.29 bits per heavy atom. The van der Waals surface area contributed by atoms with Gasteiger partial charge in [-0.25, -0.2) is 9.07 Å². The van der Waals surface area contributed by atoms with Crippen LogP contribution in [0, 0.1) is 5.82 Å². The molecule has 0 unspecified atom stereocenters. The van der Waals surface area contributed by atoms with Gasteiger partial charge in [-0.15, -0.1) is 0 Å². The number of rotatable bonds is 7. The van der Waals surface area contributed by atoms with Crippen LogP contribution in [0.3, 0.4) is 0 Å². The van der Waals surface area contributed by atoms with Gasteiger partial charge >= 0.3 is 0 Å². The SMILES string of the molecule is COCCNCc1cc(F)ccc1-n1ccc(C(N)=O)n1. The topological polar surface area (TPSA) is 82.2 Å². The molecule has 0 atom stereocenters. The van der Waals surface area contributed by atoms with Crippen molar-refractivity contribution in [2.24, 2.45) is 5.73 Å². The number of carbonyl (C=O) groups is 1. The molecule has 1 amide bonds. The molecule has 1 aromatic carbocycles. The second-order valence-corrected chi connectivity index (χ2v) is 4.45. The lowest BCUT2D eigenvalue weighted by atomic mass is 10.1. The number of halogens is 1. The first-order chi connectivity index (χ1) is 10.1. The van der Waals surface area contributed by atoms with Gasteiger partial charge in [-0.05, 0) is 29.8 Å². The van der Waals surface area contributed by atoms with Gasteiger partial charge in [0.15, 0.2) is 0 Å². The highest BCUT2D eigenvalue weighted by atomic mass is 19.1. The third-order valence-electron chi connectivity index (χ3n) is 2.93. The van der Waals surface area contributed by atoms with E-state index in [1.54, 1.807) is 19.4 Å². The van der Waals surface area contributed by atoms with Crippen LogP contribution in [0.5, 0.6) is 0 Å². The molecular formula is C14H17FN4O2. The molecule has 6 nitrogen and oxygen atoms in total. The van der Waals surface area contributed by atoms with Gasteiger partial charge in [-0.3, -0.25) is 4.79 Å². The maximum Gasteiger partial charge on any atom is 0.269 e. The average Bonchev–Trinajstić information content (AvgIpc) is 2.93. The summed E-state index contributed by atoms with van der Waals surface area (Å²) in [6.45, 7) is 1.68. The number of methoxy groups -OCH3 is 1. The zero-order chi connectivity index (χ0) is 15.2. The van der Waals surface area contributed by atoms with Crippen LogP contribution >= 0.6 is 0 Å². The molecule has 21 heavy (non-hydrogen) atoms.